The molecule has 9 N–H and O–H groups in total. The van der Waals surface area contributed by atoms with Crippen LogP contribution in [0.4, 0.5) is 52.0 Å². The van der Waals surface area contributed by atoms with E-state index in [9.17, 15) is 28.8 Å². The van der Waals surface area contributed by atoms with Crippen LogP contribution in [0, 0.1) is 0 Å². The smallest absolute Gasteiger partial charge is 0.279 e. The molecule has 3 saturated carbocycles. The average molecular weight is 1380 g/mol. The molecular formula is C69H72N24O9. The number of nitrogens with one attached hydrogen (secondary N) is 9. The Kier molecular flexibility index (Phi) is 20.0. The summed E-state index contributed by atoms with van der Waals surface area (Å²) in [6.45, 7) is 0. The Hall–Kier alpha value is -12.8. The number of amides is 3. The molecule has 0 spiro atoms. The van der Waals surface area contributed by atoms with E-state index < -0.39 is 0 Å². The van der Waals surface area contributed by atoms with E-state index in [-0.39, 0.29) is 70.8 Å². The molecule has 15 rings (SSSR count). The monoisotopic (exact) mass is 1380 g/mol. The topological polar surface area (TPSA) is 382 Å². The summed E-state index contributed by atoms with van der Waals surface area (Å²) in [5, 5.41) is 40.3. The van der Waals surface area contributed by atoms with Gasteiger partial charge in [0.25, 0.3) is 34.4 Å². The first-order chi connectivity index (χ1) is 49.8. The van der Waals surface area contributed by atoms with Crippen LogP contribution in [-0.2, 0) is 14.2 Å². The van der Waals surface area contributed by atoms with E-state index in [4.69, 9.17) is 14.2 Å². The fourth-order valence-corrected chi connectivity index (χ4v) is 11.8. The molecule has 0 unspecified atom stereocenters. The SMILES string of the molecule is CNc1cc(Nc2cccn(-c3ccccn3)c2=O)nc2c(C(=O)N[C@@H]3CC[C@H]3OC)cnn12.CNc1cc(Nc2cccn(-c3ccccn3)c2=O)nc2c(C(=O)N[C@@H]3CC[C@H]3OC)cnn12.CNc1cc(Nc2cccn(-c3ccccn3)c2=O)nc2c(C(=O)N[C@H]3CC[C@@H]3OC)cnn12. The lowest BCUT2D eigenvalue weighted by Gasteiger charge is -2.35. The summed E-state index contributed by atoms with van der Waals surface area (Å²) >= 11 is 0. The second-order valence-electron chi connectivity index (χ2n) is 23.7. The zero-order valence-corrected chi connectivity index (χ0v) is 56.2. The minimum atomic E-state index is -0.282. The number of rotatable bonds is 21. The van der Waals surface area contributed by atoms with Crippen LogP contribution in [0.15, 0.2) is 179 Å². The maximum atomic E-state index is 13.1. The van der Waals surface area contributed by atoms with Crippen molar-refractivity contribution in [2.75, 3.05) is 74.4 Å². The van der Waals surface area contributed by atoms with Gasteiger partial charge in [0.2, 0.25) is 0 Å². The molecule has 3 amide bonds. The Labute approximate surface area is 580 Å². The third-order valence-corrected chi connectivity index (χ3v) is 17.7. The van der Waals surface area contributed by atoms with E-state index in [1.807, 2.05) is 18.2 Å². The van der Waals surface area contributed by atoms with Crippen molar-refractivity contribution in [1.82, 2.24) is 88.4 Å². The Morgan fingerprint density at radius 3 is 0.931 bits per heavy atom. The lowest BCUT2D eigenvalue weighted by Crippen LogP contribution is -2.51. The van der Waals surface area contributed by atoms with Gasteiger partial charge in [0.1, 0.15) is 86.1 Å². The third-order valence-electron chi connectivity index (χ3n) is 17.7. The van der Waals surface area contributed by atoms with Gasteiger partial charge in [-0.15, -0.1) is 0 Å². The molecule has 3 aliphatic carbocycles. The first-order valence-electron chi connectivity index (χ1n) is 32.7. The maximum Gasteiger partial charge on any atom is 0.279 e. The van der Waals surface area contributed by atoms with E-state index in [0.717, 1.165) is 38.5 Å². The highest BCUT2D eigenvalue weighted by Gasteiger charge is 2.36. The third kappa shape index (κ3) is 14.0. The highest BCUT2D eigenvalue weighted by atomic mass is 16.5. The lowest BCUT2D eigenvalue weighted by atomic mass is 9.89. The molecule has 12 heterocycles. The predicted octanol–water partition coefficient (Wildman–Crippen LogP) is 5.90. The number of fused-ring (bicyclic) bond motifs is 3. The molecule has 0 radical (unpaired) electrons. The molecular weight excluding hydrogens is 1310 g/mol. The number of carbonyl (C=O) groups excluding carboxylic acids is 3. The highest BCUT2D eigenvalue weighted by molar-refractivity contribution is 6.02. The van der Waals surface area contributed by atoms with Gasteiger partial charge in [-0.1, -0.05) is 18.2 Å². The molecule has 33 heteroatoms. The normalized spacial score (nSPS) is 17.2. The number of anilines is 9. The molecule has 0 saturated heterocycles. The van der Waals surface area contributed by atoms with Crippen LogP contribution < -0.4 is 64.5 Å². The molecule has 522 valence electrons. The maximum absolute atomic E-state index is 13.1. The Bertz CT molecular complexity index is 4700. The molecule has 0 bridgehead atoms. The van der Waals surface area contributed by atoms with E-state index in [2.05, 4.69) is 93.1 Å². The van der Waals surface area contributed by atoms with Crippen molar-refractivity contribution in [3.05, 3.63) is 213 Å². The molecule has 12 aromatic rings. The zero-order chi connectivity index (χ0) is 71.0. The first-order valence-corrected chi connectivity index (χ1v) is 32.7. The standard InChI is InChI=1S/3C23H24N8O3/c3*1-24-20-12-18(27-16-6-5-11-30(23(16)33)19-7-3-4-10-25-19)29-21-14(13-26-31(20)21)22(32)28-15-8-9-17(15)34-2/h3*3-7,10-13,15,17,24H,8-9H2,1-2H3,(H,27,29)(H,28,32)/t3*15-,17-/m110/s1. The van der Waals surface area contributed by atoms with Crippen LogP contribution >= 0.6 is 0 Å². The molecule has 12 aromatic heterocycles. The summed E-state index contributed by atoms with van der Waals surface area (Å²) in [7, 11) is 10.2. The van der Waals surface area contributed by atoms with E-state index in [1.54, 1.807) is 184 Å². The molecule has 3 fully saturated rings. The molecule has 3 aliphatic rings. The Balaban J connectivity index is 0.000000137. The zero-order valence-electron chi connectivity index (χ0n) is 56.2. The molecule has 0 aliphatic heterocycles. The lowest BCUT2D eigenvalue weighted by molar-refractivity contribution is 0.00731. The largest absolute Gasteiger partial charge is 0.379 e. The number of hydrogen-bond donors (Lipinski definition) is 9. The van der Waals surface area contributed by atoms with Gasteiger partial charge in [-0.25, -0.2) is 29.9 Å². The van der Waals surface area contributed by atoms with Crippen LogP contribution in [0.5, 0.6) is 0 Å². The van der Waals surface area contributed by atoms with Gasteiger partial charge in [-0.2, -0.15) is 28.8 Å². The Morgan fingerprint density at radius 2 is 0.696 bits per heavy atom. The van der Waals surface area contributed by atoms with Crippen molar-refractivity contribution < 1.29 is 28.6 Å². The molecule has 102 heavy (non-hydrogen) atoms. The van der Waals surface area contributed by atoms with Crippen LogP contribution in [-0.4, -0.2) is 169 Å². The summed E-state index contributed by atoms with van der Waals surface area (Å²) in [5.41, 5.74) is 2.19. The van der Waals surface area contributed by atoms with Crippen LogP contribution in [0.2, 0.25) is 0 Å². The van der Waals surface area contributed by atoms with E-state index >= 15 is 0 Å². The van der Waals surface area contributed by atoms with Crippen LogP contribution in [0.25, 0.3) is 34.4 Å². The van der Waals surface area contributed by atoms with Crippen molar-refractivity contribution in [3.8, 4) is 17.5 Å². The van der Waals surface area contributed by atoms with Crippen molar-refractivity contribution in [2.24, 2.45) is 0 Å². The van der Waals surface area contributed by atoms with Gasteiger partial charge in [-0.3, -0.25) is 42.5 Å². The molecule has 33 nitrogen and oxygen atoms in total. The summed E-state index contributed by atoms with van der Waals surface area (Å²) in [4.78, 5) is 105. The summed E-state index contributed by atoms with van der Waals surface area (Å²) in [5.74, 6) is 3.69. The van der Waals surface area contributed by atoms with Gasteiger partial charge in [0, 0.05) is 97.9 Å². The predicted molar refractivity (Wildman–Crippen MR) is 381 cm³/mol. The number of carbonyl (C=O) groups is 3. The van der Waals surface area contributed by atoms with Crippen molar-refractivity contribution in [1.29, 1.82) is 0 Å². The second-order valence-corrected chi connectivity index (χ2v) is 23.7. The van der Waals surface area contributed by atoms with Crippen molar-refractivity contribution in [3.63, 3.8) is 0 Å². The summed E-state index contributed by atoms with van der Waals surface area (Å²) < 4.78 is 25.1. The van der Waals surface area contributed by atoms with Gasteiger partial charge >= 0.3 is 0 Å². The molecule has 0 aromatic carbocycles. The van der Waals surface area contributed by atoms with Gasteiger partial charge in [0.05, 0.1) is 55.0 Å². The minimum Gasteiger partial charge on any atom is -0.379 e. The van der Waals surface area contributed by atoms with Gasteiger partial charge in [0.15, 0.2) is 16.9 Å². The van der Waals surface area contributed by atoms with Crippen LogP contribution in [0.3, 0.4) is 0 Å². The summed E-state index contributed by atoms with van der Waals surface area (Å²) in [6.07, 6.45) is 19.7. The number of pyridine rings is 6. The number of nitrogens with zero attached hydrogens (tertiary/aromatic N) is 15. The fourth-order valence-electron chi connectivity index (χ4n) is 11.8. The van der Waals surface area contributed by atoms with Gasteiger partial charge in [-0.05, 0) is 111 Å². The second kappa shape index (κ2) is 30.2. The number of aromatic nitrogens is 15. The number of methoxy groups -OCH3 is 3. The van der Waals surface area contributed by atoms with Crippen molar-refractivity contribution in [2.45, 2.75) is 75.0 Å². The van der Waals surface area contributed by atoms with E-state index in [0.29, 0.717) is 103 Å². The summed E-state index contributed by atoms with van der Waals surface area (Å²) in [6, 6.07) is 31.3. The van der Waals surface area contributed by atoms with E-state index in [1.165, 1.54) is 32.3 Å². The van der Waals surface area contributed by atoms with Crippen LogP contribution in [0.1, 0.15) is 69.6 Å². The average Bonchev–Trinajstić information content (AvgIpc) is 1.61. The number of ether oxygens (including phenoxy) is 3. The molecule has 6 atom stereocenters. The minimum absolute atomic E-state index is 0.0169. The van der Waals surface area contributed by atoms with Crippen molar-refractivity contribution >= 4 is 86.6 Å². The highest BCUT2D eigenvalue weighted by Crippen LogP contribution is 2.29. The van der Waals surface area contributed by atoms with Gasteiger partial charge < -0.3 is 62.1 Å². The fraction of sp³-hybridized carbons (Fsp3) is 0.261. The first kappa shape index (κ1) is 67.8. The Morgan fingerprint density at radius 1 is 0.402 bits per heavy atom. The number of hydrogen-bond acceptors (Lipinski definition) is 24. The quantitative estimate of drug-likeness (QED) is 0.0404.